The molecular weight excluding hydrogens is 350 g/mol. The van der Waals surface area contributed by atoms with Gasteiger partial charge in [-0.15, -0.1) is 0 Å². The van der Waals surface area contributed by atoms with E-state index in [1.54, 1.807) is 27.6 Å². The van der Waals surface area contributed by atoms with Crippen molar-refractivity contribution in [2.45, 2.75) is 0 Å². The van der Waals surface area contributed by atoms with Crippen LogP contribution in [-0.2, 0) is 4.79 Å². The molecule has 0 aliphatic rings. The molecule has 0 unspecified atom stereocenters. The number of nitrogens with zero attached hydrogens (tertiary/aromatic N) is 1. The van der Waals surface area contributed by atoms with Gasteiger partial charge in [-0.05, 0) is 68.5 Å². The molecule has 0 bridgehead atoms. The molecule has 0 radical (unpaired) electrons. The van der Waals surface area contributed by atoms with Crippen LogP contribution < -0.4 is 0 Å². The summed E-state index contributed by atoms with van der Waals surface area (Å²) < 4.78 is 0. The molecule has 0 aliphatic carbocycles. The molecule has 1 aromatic carbocycles. The van der Waals surface area contributed by atoms with E-state index in [4.69, 9.17) is 5.11 Å². The molecule has 128 valence electrons. The fourth-order valence-corrected chi connectivity index (χ4v) is 3.95. The lowest BCUT2D eigenvalue weighted by Crippen LogP contribution is -2.25. The molecular formula is C20H19NO2S2. The Bertz CT molecular complexity index is 834. The van der Waals surface area contributed by atoms with Crippen LogP contribution in [0.1, 0.15) is 11.1 Å². The standard InChI is InChI=1S/C20H19NO2S2/c1-21(12-20(22)23)9-6-19(18-8-11-25-14-18)16-4-2-15(3-5-16)17-7-10-24-13-17/h2-8,10-11,13-14H,9,12H2,1H3,(H,22,23). The van der Waals surface area contributed by atoms with Crippen molar-refractivity contribution in [1.82, 2.24) is 4.90 Å². The van der Waals surface area contributed by atoms with E-state index in [1.807, 2.05) is 7.05 Å². The molecule has 1 N–H and O–H groups in total. The summed E-state index contributed by atoms with van der Waals surface area (Å²) in [5.74, 6) is -0.812. The Hall–Kier alpha value is -2.21. The van der Waals surface area contributed by atoms with Crippen molar-refractivity contribution >= 4 is 34.2 Å². The highest BCUT2D eigenvalue weighted by molar-refractivity contribution is 7.08. The van der Waals surface area contributed by atoms with E-state index in [2.05, 4.69) is 64.0 Å². The summed E-state index contributed by atoms with van der Waals surface area (Å²) in [7, 11) is 1.82. The number of hydrogen-bond acceptors (Lipinski definition) is 4. The molecule has 3 rings (SSSR count). The lowest BCUT2D eigenvalue weighted by molar-refractivity contribution is -0.137. The zero-order valence-corrected chi connectivity index (χ0v) is 15.5. The molecule has 0 spiro atoms. The number of rotatable bonds is 7. The number of likely N-dealkylation sites (N-methyl/N-ethyl adjacent to an activating group) is 1. The molecule has 5 heteroatoms. The van der Waals surface area contributed by atoms with Crippen LogP contribution in [0.25, 0.3) is 16.7 Å². The van der Waals surface area contributed by atoms with Crippen LogP contribution in [0.3, 0.4) is 0 Å². The lowest BCUT2D eigenvalue weighted by Gasteiger charge is -2.13. The maximum Gasteiger partial charge on any atom is 0.317 e. The van der Waals surface area contributed by atoms with Gasteiger partial charge in [0.25, 0.3) is 0 Å². The Morgan fingerprint density at radius 2 is 1.72 bits per heavy atom. The minimum atomic E-state index is -0.812. The van der Waals surface area contributed by atoms with Gasteiger partial charge in [0.2, 0.25) is 0 Å². The van der Waals surface area contributed by atoms with Gasteiger partial charge < -0.3 is 5.11 Å². The highest BCUT2D eigenvalue weighted by Crippen LogP contribution is 2.28. The Labute approximate surface area is 155 Å². The first-order valence-electron chi connectivity index (χ1n) is 7.89. The molecule has 2 aromatic heterocycles. The van der Waals surface area contributed by atoms with Gasteiger partial charge in [0.1, 0.15) is 0 Å². The summed E-state index contributed by atoms with van der Waals surface area (Å²) >= 11 is 3.36. The fraction of sp³-hybridized carbons (Fsp3) is 0.150. The normalized spacial score (nSPS) is 11.8. The largest absolute Gasteiger partial charge is 0.480 e. The second-order valence-corrected chi connectivity index (χ2v) is 7.37. The minimum absolute atomic E-state index is 0.0323. The Kier molecular flexibility index (Phi) is 5.81. The van der Waals surface area contributed by atoms with Crippen molar-refractivity contribution < 1.29 is 9.90 Å². The number of carbonyl (C=O) groups is 1. The van der Waals surface area contributed by atoms with E-state index in [1.165, 1.54) is 11.1 Å². The number of carboxylic acids is 1. The Morgan fingerprint density at radius 3 is 2.32 bits per heavy atom. The van der Waals surface area contributed by atoms with E-state index in [0.717, 1.165) is 16.7 Å². The van der Waals surface area contributed by atoms with Gasteiger partial charge in [0.15, 0.2) is 0 Å². The quantitative estimate of drug-likeness (QED) is 0.642. The van der Waals surface area contributed by atoms with Gasteiger partial charge in [-0.25, -0.2) is 0 Å². The third-order valence-electron chi connectivity index (χ3n) is 3.89. The molecule has 0 fully saturated rings. The zero-order valence-electron chi connectivity index (χ0n) is 13.9. The van der Waals surface area contributed by atoms with E-state index in [9.17, 15) is 4.79 Å². The third-order valence-corrected chi connectivity index (χ3v) is 5.26. The van der Waals surface area contributed by atoms with Gasteiger partial charge in [-0.3, -0.25) is 9.69 Å². The van der Waals surface area contributed by atoms with E-state index < -0.39 is 5.97 Å². The smallest absolute Gasteiger partial charge is 0.317 e. The lowest BCUT2D eigenvalue weighted by atomic mass is 9.97. The number of aliphatic carboxylic acids is 1. The van der Waals surface area contributed by atoms with Crippen LogP contribution in [0, 0.1) is 0 Å². The summed E-state index contributed by atoms with van der Waals surface area (Å²) in [5, 5.41) is 17.3. The van der Waals surface area contributed by atoms with E-state index >= 15 is 0 Å². The number of carboxylic acid groups (broad SMARTS) is 1. The molecule has 0 aliphatic heterocycles. The SMILES string of the molecule is CN(CC=C(c1ccc(-c2ccsc2)cc1)c1ccsc1)CC(=O)O. The number of thiophene rings is 2. The number of benzene rings is 1. The zero-order chi connectivity index (χ0) is 17.6. The summed E-state index contributed by atoms with van der Waals surface area (Å²) in [4.78, 5) is 12.6. The first kappa shape index (κ1) is 17.6. The predicted molar refractivity (Wildman–Crippen MR) is 106 cm³/mol. The monoisotopic (exact) mass is 369 g/mol. The molecule has 25 heavy (non-hydrogen) atoms. The van der Waals surface area contributed by atoms with Crippen molar-refractivity contribution in [3.8, 4) is 11.1 Å². The first-order valence-corrected chi connectivity index (χ1v) is 9.78. The Morgan fingerprint density at radius 1 is 1.00 bits per heavy atom. The van der Waals surface area contributed by atoms with E-state index in [0.29, 0.717) is 6.54 Å². The topological polar surface area (TPSA) is 40.5 Å². The fourth-order valence-electron chi connectivity index (χ4n) is 2.63. The van der Waals surface area contributed by atoms with Crippen molar-refractivity contribution in [3.05, 3.63) is 75.1 Å². The molecule has 0 saturated carbocycles. The first-order chi connectivity index (χ1) is 12.1. The summed E-state index contributed by atoms with van der Waals surface area (Å²) in [6.07, 6.45) is 2.10. The summed E-state index contributed by atoms with van der Waals surface area (Å²) in [6.45, 7) is 0.619. The Balaban J connectivity index is 1.86. The summed E-state index contributed by atoms with van der Waals surface area (Å²) in [5.41, 5.74) is 5.88. The van der Waals surface area contributed by atoms with Gasteiger partial charge in [0.05, 0.1) is 6.54 Å². The molecule has 3 aromatic rings. The van der Waals surface area contributed by atoms with Crippen molar-refractivity contribution in [2.75, 3.05) is 20.1 Å². The molecule has 2 heterocycles. The van der Waals surface area contributed by atoms with Gasteiger partial charge in [0, 0.05) is 6.54 Å². The highest BCUT2D eigenvalue weighted by atomic mass is 32.1. The number of hydrogen-bond donors (Lipinski definition) is 1. The van der Waals surface area contributed by atoms with Crippen LogP contribution in [0.2, 0.25) is 0 Å². The second-order valence-electron chi connectivity index (χ2n) is 5.81. The second kappa shape index (κ2) is 8.25. The molecule has 0 atom stereocenters. The molecule has 0 saturated heterocycles. The summed E-state index contributed by atoms with van der Waals surface area (Å²) in [6, 6.07) is 12.8. The van der Waals surface area contributed by atoms with Gasteiger partial charge in [-0.1, -0.05) is 30.3 Å². The maximum absolute atomic E-state index is 10.8. The minimum Gasteiger partial charge on any atom is -0.480 e. The molecule has 3 nitrogen and oxygen atoms in total. The van der Waals surface area contributed by atoms with Crippen molar-refractivity contribution in [1.29, 1.82) is 0 Å². The van der Waals surface area contributed by atoms with Gasteiger partial charge in [-0.2, -0.15) is 22.7 Å². The van der Waals surface area contributed by atoms with Crippen LogP contribution in [0.4, 0.5) is 0 Å². The van der Waals surface area contributed by atoms with Crippen molar-refractivity contribution in [3.63, 3.8) is 0 Å². The van der Waals surface area contributed by atoms with E-state index in [-0.39, 0.29) is 6.54 Å². The molecule has 0 amide bonds. The van der Waals surface area contributed by atoms with Gasteiger partial charge >= 0.3 is 5.97 Å². The predicted octanol–water partition coefficient (Wildman–Crippen LogP) is 4.92. The van der Waals surface area contributed by atoms with Crippen LogP contribution in [-0.4, -0.2) is 36.1 Å². The average molecular weight is 370 g/mol. The third kappa shape index (κ3) is 4.66. The van der Waals surface area contributed by atoms with Crippen LogP contribution in [0.5, 0.6) is 0 Å². The van der Waals surface area contributed by atoms with Crippen LogP contribution in [0.15, 0.2) is 64.0 Å². The maximum atomic E-state index is 10.8. The highest BCUT2D eigenvalue weighted by Gasteiger charge is 2.08. The average Bonchev–Trinajstić information content (AvgIpc) is 3.29. The van der Waals surface area contributed by atoms with Crippen LogP contribution >= 0.6 is 22.7 Å². The van der Waals surface area contributed by atoms with Crippen molar-refractivity contribution in [2.24, 2.45) is 0 Å².